The molecule has 25 heavy (non-hydrogen) atoms. The van der Waals surface area contributed by atoms with Crippen molar-refractivity contribution < 1.29 is 9.15 Å². The van der Waals surface area contributed by atoms with Crippen molar-refractivity contribution in [3.05, 3.63) is 52.9 Å². The molecule has 0 amide bonds. The molecule has 1 aromatic carbocycles. The lowest BCUT2D eigenvalue weighted by Crippen LogP contribution is -2.58. The van der Waals surface area contributed by atoms with Crippen molar-refractivity contribution >= 4 is 17.3 Å². The molecule has 3 aliphatic rings. The molecule has 1 atom stereocenters. The Labute approximate surface area is 151 Å². The molecule has 5 nitrogen and oxygen atoms in total. The summed E-state index contributed by atoms with van der Waals surface area (Å²) in [6.45, 7) is 2.00. The highest BCUT2D eigenvalue weighted by Crippen LogP contribution is 2.50. The average molecular weight is 358 g/mol. The molecule has 0 radical (unpaired) electrons. The Balaban J connectivity index is 1.60. The van der Waals surface area contributed by atoms with Gasteiger partial charge in [0.05, 0.1) is 12.3 Å². The van der Waals surface area contributed by atoms with E-state index in [1.165, 1.54) is 0 Å². The summed E-state index contributed by atoms with van der Waals surface area (Å²) in [6.07, 6.45) is 4.36. The highest BCUT2D eigenvalue weighted by Gasteiger charge is 2.51. The monoisotopic (exact) mass is 357 g/mol. The quantitative estimate of drug-likeness (QED) is 0.776. The number of furan rings is 1. The third kappa shape index (κ3) is 2.37. The van der Waals surface area contributed by atoms with Gasteiger partial charge in [0.1, 0.15) is 17.2 Å². The van der Waals surface area contributed by atoms with Crippen LogP contribution in [0.5, 0.6) is 5.75 Å². The second kappa shape index (κ2) is 5.51. The van der Waals surface area contributed by atoms with E-state index < -0.39 is 0 Å². The van der Waals surface area contributed by atoms with Crippen molar-refractivity contribution in [1.82, 2.24) is 9.91 Å². The van der Waals surface area contributed by atoms with Crippen molar-refractivity contribution in [1.29, 1.82) is 0 Å². The summed E-state index contributed by atoms with van der Waals surface area (Å²) >= 11 is 6.26. The van der Waals surface area contributed by atoms with Crippen molar-refractivity contribution in [3.63, 3.8) is 0 Å². The Kier molecular flexibility index (Phi) is 3.37. The Morgan fingerprint density at radius 1 is 1.24 bits per heavy atom. The first kappa shape index (κ1) is 15.3. The Hall–Kier alpha value is -1.98. The van der Waals surface area contributed by atoms with E-state index in [0.717, 1.165) is 60.2 Å². The van der Waals surface area contributed by atoms with Gasteiger partial charge in [0.15, 0.2) is 0 Å². The first-order valence-electron chi connectivity index (χ1n) is 8.72. The molecule has 3 aliphatic heterocycles. The van der Waals surface area contributed by atoms with E-state index in [1.807, 2.05) is 30.3 Å². The average Bonchev–Trinajstić information content (AvgIpc) is 3.28. The van der Waals surface area contributed by atoms with Crippen LogP contribution in [0.4, 0.5) is 0 Å². The summed E-state index contributed by atoms with van der Waals surface area (Å²) in [7, 11) is 2.16. The Bertz CT molecular complexity index is 825. The minimum Gasteiger partial charge on any atom is -0.466 e. The molecule has 0 N–H and O–H groups in total. The summed E-state index contributed by atoms with van der Waals surface area (Å²) in [5, 5.41) is 7.86. The topological polar surface area (TPSA) is 41.2 Å². The zero-order chi connectivity index (χ0) is 17.0. The van der Waals surface area contributed by atoms with Crippen LogP contribution in [0.2, 0.25) is 5.02 Å². The normalized spacial score (nSPS) is 24.6. The number of hydrogen-bond acceptors (Lipinski definition) is 5. The number of likely N-dealkylation sites (tertiary alicyclic amines) is 1. The molecule has 4 heterocycles. The maximum absolute atomic E-state index is 6.55. The van der Waals surface area contributed by atoms with Crippen LogP contribution in [0.15, 0.2) is 46.1 Å². The van der Waals surface area contributed by atoms with E-state index in [4.69, 9.17) is 25.9 Å². The lowest BCUT2D eigenvalue weighted by atomic mass is 9.91. The molecule has 0 aliphatic carbocycles. The number of fused-ring (bicyclic) bond motifs is 4. The third-order valence-corrected chi connectivity index (χ3v) is 5.77. The molecule has 1 unspecified atom stereocenters. The van der Waals surface area contributed by atoms with Gasteiger partial charge in [-0.1, -0.05) is 11.6 Å². The van der Waals surface area contributed by atoms with Gasteiger partial charge in [0, 0.05) is 42.9 Å². The van der Waals surface area contributed by atoms with Gasteiger partial charge in [0.25, 0.3) is 0 Å². The molecule has 130 valence electrons. The molecule has 6 heteroatoms. The van der Waals surface area contributed by atoms with Gasteiger partial charge in [-0.05, 0) is 37.4 Å². The summed E-state index contributed by atoms with van der Waals surface area (Å²) < 4.78 is 12.1. The smallest absolute Gasteiger partial charge is 0.200 e. The van der Waals surface area contributed by atoms with E-state index in [1.54, 1.807) is 6.26 Å². The van der Waals surface area contributed by atoms with Gasteiger partial charge < -0.3 is 14.1 Å². The number of piperidine rings is 1. The fraction of sp³-hybridized carbons (Fsp3) is 0.421. The van der Waals surface area contributed by atoms with Crippen LogP contribution in [0, 0.1) is 0 Å². The van der Waals surface area contributed by atoms with Crippen molar-refractivity contribution in [3.8, 4) is 5.75 Å². The van der Waals surface area contributed by atoms with Crippen LogP contribution in [-0.4, -0.2) is 41.5 Å². The minimum atomic E-state index is -0.383. The lowest BCUT2D eigenvalue weighted by molar-refractivity contribution is -0.147. The standard InChI is InChI=1S/C19H20ClN3O2/c1-22-8-6-19(7-9-22)23-16(12-15(21-23)18-3-2-10-24-18)14-11-13(20)4-5-17(14)25-19/h2-5,10-11,16H,6-9,12H2,1H3. The van der Waals surface area contributed by atoms with Crippen LogP contribution in [0.3, 0.4) is 0 Å². The lowest BCUT2D eigenvalue weighted by Gasteiger charge is -2.50. The molecule has 1 saturated heterocycles. The maximum Gasteiger partial charge on any atom is 0.200 e. The van der Waals surface area contributed by atoms with Crippen LogP contribution in [0.25, 0.3) is 0 Å². The van der Waals surface area contributed by atoms with E-state index in [9.17, 15) is 0 Å². The predicted molar refractivity (Wildman–Crippen MR) is 96.0 cm³/mol. The maximum atomic E-state index is 6.55. The zero-order valence-electron chi connectivity index (χ0n) is 14.1. The van der Waals surface area contributed by atoms with Crippen molar-refractivity contribution in [2.45, 2.75) is 31.0 Å². The van der Waals surface area contributed by atoms with Crippen molar-refractivity contribution in [2.75, 3.05) is 20.1 Å². The summed E-state index contributed by atoms with van der Waals surface area (Å²) in [6, 6.07) is 9.94. The fourth-order valence-electron chi connectivity index (χ4n) is 4.14. The Morgan fingerprint density at radius 2 is 2.08 bits per heavy atom. The van der Waals surface area contributed by atoms with Gasteiger partial charge in [-0.15, -0.1) is 0 Å². The van der Waals surface area contributed by atoms with E-state index >= 15 is 0 Å². The zero-order valence-corrected chi connectivity index (χ0v) is 14.9. The van der Waals surface area contributed by atoms with E-state index in [-0.39, 0.29) is 11.8 Å². The van der Waals surface area contributed by atoms with Gasteiger partial charge in [0.2, 0.25) is 5.72 Å². The number of rotatable bonds is 1. The van der Waals surface area contributed by atoms with Gasteiger partial charge >= 0.3 is 0 Å². The largest absolute Gasteiger partial charge is 0.466 e. The summed E-state index contributed by atoms with van der Waals surface area (Å²) in [5.41, 5.74) is 1.71. The number of hydrogen-bond donors (Lipinski definition) is 0. The molecule has 1 fully saturated rings. The highest BCUT2D eigenvalue weighted by molar-refractivity contribution is 6.30. The molecule has 0 bridgehead atoms. The number of halogens is 1. The summed E-state index contributed by atoms with van der Waals surface area (Å²) in [4.78, 5) is 2.34. The first-order chi connectivity index (χ1) is 12.1. The predicted octanol–water partition coefficient (Wildman–Crippen LogP) is 3.90. The molecule has 5 rings (SSSR count). The number of hydrazone groups is 1. The minimum absolute atomic E-state index is 0.144. The summed E-state index contributed by atoms with van der Waals surface area (Å²) in [5.74, 6) is 1.77. The van der Waals surface area contributed by atoms with E-state index in [2.05, 4.69) is 17.0 Å². The fourth-order valence-corrected chi connectivity index (χ4v) is 4.32. The van der Waals surface area contributed by atoms with Crippen LogP contribution >= 0.6 is 11.6 Å². The van der Waals surface area contributed by atoms with Crippen molar-refractivity contribution in [2.24, 2.45) is 5.10 Å². The third-order valence-electron chi connectivity index (χ3n) is 5.53. The number of nitrogens with zero attached hydrogens (tertiary/aromatic N) is 3. The second-order valence-electron chi connectivity index (χ2n) is 7.12. The van der Waals surface area contributed by atoms with Gasteiger partial charge in [-0.25, -0.2) is 5.01 Å². The van der Waals surface area contributed by atoms with Gasteiger partial charge in [-0.2, -0.15) is 5.10 Å². The SMILES string of the molecule is CN1CCC2(CC1)Oc1ccc(Cl)cc1C1CC(c3ccco3)=NN12. The first-order valence-corrected chi connectivity index (χ1v) is 9.10. The molecular formula is C19H20ClN3O2. The van der Waals surface area contributed by atoms with Gasteiger partial charge in [-0.3, -0.25) is 0 Å². The van der Waals surface area contributed by atoms with E-state index in [0.29, 0.717) is 0 Å². The highest BCUT2D eigenvalue weighted by atomic mass is 35.5. The van der Waals surface area contributed by atoms with Crippen LogP contribution in [-0.2, 0) is 0 Å². The number of ether oxygens (including phenoxy) is 1. The molecule has 2 aromatic rings. The van der Waals surface area contributed by atoms with Crippen LogP contribution in [0.1, 0.15) is 36.6 Å². The molecule has 1 aromatic heterocycles. The Morgan fingerprint density at radius 3 is 2.84 bits per heavy atom. The molecular weight excluding hydrogens is 338 g/mol. The van der Waals surface area contributed by atoms with Crippen LogP contribution < -0.4 is 4.74 Å². The molecule has 0 saturated carbocycles. The number of benzene rings is 1. The molecule has 1 spiro atoms. The second-order valence-corrected chi connectivity index (χ2v) is 7.56.